The molecule has 1 aromatic rings. The summed E-state index contributed by atoms with van der Waals surface area (Å²) in [6.45, 7) is 4.13. The summed E-state index contributed by atoms with van der Waals surface area (Å²) in [6.07, 6.45) is 3.18. The summed E-state index contributed by atoms with van der Waals surface area (Å²) in [4.78, 5) is 0.0471. The van der Waals surface area contributed by atoms with Crippen molar-refractivity contribution in [3.05, 3.63) is 18.2 Å². The van der Waals surface area contributed by atoms with Crippen molar-refractivity contribution in [2.24, 2.45) is 5.14 Å². The molecule has 0 bridgehead atoms. The lowest BCUT2D eigenvalue weighted by molar-refractivity contribution is 0.597. The number of anilines is 2. The second-order valence-corrected chi connectivity index (χ2v) is 6.02. The molecule has 0 amide bonds. The zero-order chi connectivity index (χ0) is 13.8. The molecule has 5 N–H and O–H groups in total. The van der Waals surface area contributed by atoms with Gasteiger partial charge in [0.05, 0.1) is 5.69 Å². The van der Waals surface area contributed by atoms with Crippen LogP contribution in [-0.4, -0.2) is 14.5 Å². The SMILES string of the molecule is CCCCC(C)Nc1ccc(N)cc1S(N)(=O)=O. The van der Waals surface area contributed by atoms with Crippen molar-refractivity contribution in [1.29, 1.82) is 0 Å². The predicted molar refractivity (Wildman–Crippen MR) is 74.8 cm³/mol. The molecular formula is C12H21N3O2S. The van der Waals surface area contributed by atoms with Gasteiger partial charge < -0.3 is 11.1 Å². The molecular weight excluding hydrogens is 250 g/mol. The molecule has 18 heavy (non-hydrogen) atoms. The number of nitrogens with one attached hydrogen (secondary N) is 1. The van der Waals surface area contributed by atoms with E-state index < -0.39 is 10.0 Å². The summed E-state index contributed by atoms with van der Waals surface area (Å²) in [5.74, 6) is 0. The number of sulfonamides is 1. The van der Waals surface area contributed by atoms with Crippen LogP contribution in [0.2, 0.25) is 0 Å². The van der Waals surface area contributed by atoms with E-state index >= 15 is 0 Å². The second kappa shape index (κ2) is 6.06. The molecule has 0 radical (unpaired) electrons. The Bertz CT molecular complexity index is 500. The van der Waals surface area contributed by atoms with Crippen LogP contribution in [0.3, 0.4) is 0 Å². The maximum absolute atomic E-state index is 11.5. The summed E-state index contributed by atoms with van der Waals surface area (Å²) < 4.78 is 23.0. The van der Waals surface area contributed by atoms with Crippen molar-refractivity contribution < 1.29 is 8.42 Å². The Morgan fingerprint density at radius 3 is 2.61 bits per heavy atom. The minimum atomic E-state index is -3.76. The van der Waals surface area contributed by atoms with Crippen LogP contribution in [0.25, 0.3) is 0 Å². The molecule has 0 saturated heterocycles. The predicted octanol–water partition coefficient (Wildman–Crippen LogP) is 1.91. The van der Waals surface area contributed by atoms with Gasteiger partial charge in [-0.15, -0.1) is 0 Å². The molecule has 0 heterocycles. The monoisotopic (exact) mass is 271 g/mol. The van der Waals surface area contributed by atoms with Gasteiger partial charge in [0, 0.05) is 11.7 Å². The molecule has 1 atom stereocenters. The number of primary sulfonamides is 1. The van der Waals surface area contributed by atoms with Crippen molar-refractivity contribution >= 4 is 21.4 Å². The lowest BCUT2D eigenvalue weighted by Gasteiger charge is -2.17. The smallest absolute Gasteiger partial charge is 0.240 e. The maximum Gasteiger partial charge on any atom is 0.240 e. The van der Waals surface area contributed by atoms with Crippen LogP contribution in [0.1, 0.15) is 33.1 Å². The molecule has 0 aliphatic heterocycles. The molecule has 0 aliphatic carbocycles. The lowest BCUT2D eigenvalue weighted by atomic mass is 10.1. The normalized spacial score (nSPS) is 13.3. The molecule has 0 aliphatic rings. The Morgan fingerprint density at radius 1 is 1.39 bits per heavy atom. The highest BCUT2D eigenvalue weighted by atomic mass is 32.2. The van der Waals surface area contributed by atoms with E-state index in [1.807, 2.05) is 6.92 Å². The third-order valence-corrected chi connectivity index (χ3v) is 3.66. The van der Waals surface area contributed by atoms with Gasteiger partial charge in [-0.2, -0.15) is 0 Å². The first-order valence-electron chi connectivity index (χ1n) is 6.03. The van der Waals surface area contributed by atoms with Gasteiger partial charge >= 0.3 is 0 Å². The van der Waals surface area contributed by atoms with E-state index in [0.29, 0.717) is 11.4 Å². The molecule has 1 unspecified atom stereocenters. The molecule has 102 valence electrons. The average molecular weight is 271 g/mol. The fourth-order valence-electron chi connectivity index (χ4n) is 1.74. The molecule has 6 heteroatoms. The van der Waals surface area contributed by atoms with Crippen molar-refractivity contribution in [1.82, 2.24) is 0 Å². The molecule has 5 nitrogen and oxygen atoms in total. The lowest BCUT2D eigenvalue weighted by Crippen LogP contribution is -2.20. The molecule has 0 fully saturated rings. The Labute approximate surface area is 109 Å². The van der Waals surface area contributed by atoms with Crippen LogP contribution in [0.4, 0.5) is 11.4 Å². The largest absolute Gasteiger partial charge is 0.399 e. The Kier molecular flexibility index (Phi) is 4.98. The maximum atomic E-state index is 11.5. The summed E-state index contributed by atoms with van der Waals surface area (Å²) in [6, 6.07) is 4.87. The average Bonchev–Trinajstić information content (AvgIpc) is 2.27. The number of nitrogens with two attached hydrogens (primary N) is 2. The fourth-order valence-corrected chi connectivity index (χ4v) is 2.48. The molecule has 0 saturated carbocycles. The van der Waals surface area contributed by atoms with Crippen molar-refractivity contribution in [3.63, 3.8) is 0 Å². The fraction of sp³-hybridized carbons (Fsp3) is 0.500. The quantitative estimate of drug-likeness (QED) is 0.688. The van der Waals surface area contributed by atoms with Crippen molar-refractivity contribution in [2.45, 2.75) is 44.0 Å². The Balaban J connectivity index is 2.95. The summed E-state index contributed by atoms with van der Waals surface area (Å²) in [5.41, 5.74) is 6.48. The van der Waals surface area contributed by atoms with Gasteiger partial charge in [-0.1, -0.05) is 19.8 Å². The summed E-state index contributed by atoms with van der Waals surface area (Å²) in [7, 11) is -3.76. The zero-order valence-corrected chi connectivity index (χ0v) is 11.6. The minimum Gasteiger partial charge on any atom is -0.399 e. The van der Waals surface area contributed by atoms with Gasteiger partial charge in [0.1, 0.15) is 4.90 Å². The number of unbranched alkanes of at least 4 members (excludes halogenated alkanes) is 1. The van der Waals surface area contributed by atoms with Crippen LogP contribution in [0, 0.1) is 0 Å². The Hall–Kier alpha value is -1.27. The van der Waals surface area contributed by atoms with E-state index in [1.165, 1.54) is 6.07 Å². The van der Waals surface area contributed by atoms with E-state index in [-0.39, 0.29) is 10.9 Å². The third-order valence-electron chi connectivity index (χ3n) is 2.70. The van der Waals surface area contributed by atoms with E-state index in [2.05, 4.69) is 12.2 Å². The van der Waals surface area contributed by atoms with Gasteiger partial charge in [0.15, 0.2) is 0 Å². The molecule has 1 aromatic carbocycles. The number of hydrogen-bond acceptors (Lipinski definition) is 4. The minimum absolute atomic E-state index is 0.0471. The van der Waals surface area contributed by atoms with E-state index in [4.69, 9.17) is 10.9 Å². The van der Waals surface area contributed by atoms with Gasteiger partial charge in [-0.05, 0) is 31.5 Å². The Morgan fingerprint density at radius 2 is 2.06 bits per heavy atom. The van der Waals surface area contributed by atoms with Crippen LogP contribution in [0.5, 0.6) is 0 Å². The highest BCUT2D eigenvalue weighted by Crippen LogP contribution is 2.24. The van der Waals surface area contributed by atoms with Crippen LogP contribution < -0.4 is 16.2 Å². The number of hydrogen-bond donors (Lipinski definition) is 3. The second-order valence-electron chi connectivity index (χ2n) is 4.49. The van der Waals surface area contributed by atoms with Gasteiger partial charge in [-0.25, -0.2) is 13.6 Å². The van der Waals surface area contributed by atoms with Crippen molar-refractivity contribution in [3.8, 4) is 0 Å². The first-order valence-corrected chi connectivity index (χ1v) is 7.58. The van der Waals surface area contributed by atoms with Gasteiger partial charge in [0.25, 0.3) is 0 Å². The number of rotatable bonds is 6. The molecule has 1 rings (SSSR count). The van der Waals surface area contributed by atoms with Crippen LogP contribution >= 0.6 is 0 Å². The van der Waals surface area contributed by atoms with E-state index in [9.17, 15) is 8.42 Å². The number of nitrogen functional groups attached to an aromatic ring is 1. The first kappa shape index (κ1) is 14.8. The van der Waals surface area contributed by atoms with Gasteiger partial charge in [0.2, 0.25) is 10.0 Å². The van der Waals surface area contributed by atoms with Crippen LogP contribution in [0.15, 0.2) is 23.1 Å². The van der Waals surface area contributed by atoms with Crippen LogP contribution in [-0.2, 0) is 10.0 Å². The molecule has 0 spiro atoms. The molecule has 0 aromatic heterocycles. The van der Waals surface area contributed by atoms with Gasteiger partial charge in [-0.3, -0.25) is 0 Å². The standard InChI is InChI=1S/C12H21N3O2S/c1-3-4-5-9(2)15-11-7-6-10(13)8-12(11)18(14,16)17/h6-9,15H,3-5,13H2,1-2H3,(H2,14,16,17). The highest BCUT2D eigenvalue weighted by molar-refractivity contribution is 7.89. The first-order chi connectivity index (χ1) is 8.34. The van der Waals surface area contributed by atoms with E-state index in [0.717, 1.165) is 19.3 Å². The highest BCUT2D eigenvalue weighted by Gasteiger charge is 2.15. The third kappa shape index (κ3) is 4.19. The zero-order valence-electron chi connectivity index (χ0n) is 10.8. The van der Waals surface area contributed by atoms with E-state index in [1.54, 1.807) is 12.1 Å². The summed E-state index contributed by atoms with van der Waals surface area (Å²) >= 11 is 0. The number of benzene rings is 1. The summed E-state index contributed by atoms with van der Waals surface area (Å²) in [5, 5.41) is 8.34. The van der Waals surface area contributed by atoms with Crippen molar-refractivity contribution in [2.75, 3.05) is 11.1 Å². The topological polar surface area (TPSA) is 98.2 Å².